The molecule has 0 fully saturated rings. The van der Waals surface area contributed by atoms with Gasteiger partial charge in [0.25, 0.3) is 0 Å². The van der Waals surface area contributed by atoms with Gasteiger partial charge in [0.15, 0.2) is 0 Å². The summed E-state index contributed by atoms with van der Waals surface area (Å²) in [5.74, 6) is -1.22. The third kappa shape index (κ3) is 2.51. The van der Waals surface area contributed by atoms with Crippen molar-refractivity contribution in [3.63, 3.8) is 0 Å². The Morgan fingerprint density at radius 2 is 1.63 bits per heavy atom. The number of rotatable bonds is 2. The Morgan fingerprint density at radius 3 is 2.26 bits per heavy atom. The molecule has 0 saturated carbocycles. The first-order valence-corrected chi connectivity index (χ1v) is 6.14. The van der Waals surface area contributed by atoms with E-state index in [0.717, 1.165) is 22.8 Å². The summed E-state index contributed by atoms with van der Waals surface area (Å²) in [6.45, 7) is 5.63. The minimum absolute atomic E-state index is 0.294. The van der Waals surface area contributed by atoms with E-state index in [2.05, 4.69) is 0 Å². The smallest absolute Gasteiger partial charge is 0.131 e. The summed E-state index contributed by atoms with van der Waals surface area (Å²) in [4.78, 5) is 0. The van der Waals surface area contributed by atoms with Crippen LogP contribution in [0.3, 0.4) is 0 Å². The number of hydrogen-bond donors (Lipinski definition) is 1. The summed E-state index contributed by atoms with van der Waals surface area (Å²) in [7, 11) is 0. The Balaban J connectivity index is 2.61. The predicted octanol–water partition coefficient (Wildman–Crippen LogP) is 3.80. The summed E-state index contributed by atoms with van der Waals surface area (Å²) in [5, 5.41) is 0. The van der Waals surface area contributed by atoms with Crippen LogP contribution in [-0.2, 0) is 5.54 Å². The van der Waals surface area contributed by atoms with Crippen LogP contribution in [0.15, 0.2) is 36.4 Å². The maximum Gasteiger partial charge on any atom is 0.131 e. The van der Waals surface area contributed by atoms with Crippen molar-refractivity contribution < 1.29 is 8.78 Å². The first-order valence-electron chi connectivity index (χ1n) is 6.14. The Kier molecular flexibility index (Phi) is 3.42. The van der Waals surface area contributed by atoms with Gasteiger partial charge in [0.05, 0.1) is 5.54 Å². The molecule has 0 aliphatic heterocycles. The molecule has 1 atom stereocenters. The normalized spacial score (nSPS) is 14.2. The Morgan fingerprint density at radius 1 is 0.947 bits per heavy atom. The van der Waals surface area contributed by atoms with Gasteiger partial charge >= 0.3 is 0 Å². The SMILES string of the molecule is Cc1ccc(C)c(C(C)(N)c2ccc(F)cc2F)c1. The molecular formula is C16H17F2N. The van der Waals surface area contributed by atoms with Crippen molar-refractivity contribution in [2.75, 3.05) is 0 Å². The molecule has 1 unspecified atom stereocenters. The fraction of sp³-hybridized carbons (Fsp3) is 0.250. The second-order valence-corrected chi connectivity index (χ2v) is 5.14. The van der Waals surface area contributed by atoms with Gasteiger partial charge in [-0.05, 0) is 38.0 Å². The molecule has 3 heteroatoms. The van der Waals surface area contributed by atoms with E-state index in [0.29, 0.717) is 5.56 Å². The lowest BCUT2D eigenvalue weighted by atomic mass is 9.82. The quantitative estimate of drug-likeness (QED) is 0.874. The maximum absolute atomic E-state index is 13.9. The van der Waals surface area contributed by atoms with Gasteiger partial charge in [-0.15, -0.1) is 0 Å². The van der Waals surface area contributed by atoms with Crippen LogP contribution in [0.1, 0.15) is 29.2 Å². The number of halogens is 2. The first kappa shape index (κ1) is 13.7. The van der Waals surface area contributed by atoms with Gasteiger partial charge in [-0.25, -0.2) is 8.78 Å². The first-order chi connectivity index (χ1) is 8.82. The van der Waals surface area contributed by atoms with E-state index in [4.69, 9.17) is 5.73 Å². The van der Waals surface area contributed by atoms with Crippen molar-refractivity contribution in [1.29, 1.82) is 0 Å². The Labute approximate surface area is 112 Å². The van der Waals surface area contributed by atoms with E-state index in [1.807, 2.05) is 32.0 Å². The Bertz CT molecular complexity index is 618. The van der Waals surface area contributed by atoms with Crippen LogP contribution in [0, 0.1) is 25.5 Å². The van der Waals surface area contributed by atoms with Crippen LogP contribution in [0.25, 0.3) is 0 Å². The molecular weight excluding hydrogens is 244 g/mol. The molecule has 2 aromatic carbocycles. The van der Waals surface area contributed by atoms with Crippen LogP contribution in [-0.4, -0.2) is 0 Å². The summed E-state index contributed by atoms with van der Waals surface area (Å²) in [6.07, 6.45) is 0. The molecule has 2 aromatic rings. The topological polar surface area (TPSA) is 26.0 Å². The van der Waals surface area contributed by atoms with Gasteiger partial charge in [0, 0.05) is 11.6 Å². The lowest BCUT2D eigenvalue weighted by Gasteiger charge is -2.28. The molecule has 0 aliphatic rings. The highest BCUT2D eigenvalue weighted by atomic mass is 19.1. The number of hydrogen-bond acceptors (Lipinski definition) is 1. The summed E-state index contributed by atoms with van der Waals surface area (Å²) < 4.78 is 26.9. The monoisotopic (exact) mass is 261 g/mol. The van der Waals surface area contributed by atoms with Crippen molar-refractivity contribution in [3.05, 3.63) is 70.3 Å². The average Bonchev–Trinajstić information content (AvgIpc) is 2.31. The number of benzene rings is 2. The molecule has 100 valence electrons. The van der Waals surface area contributed by atoms with E-state index in [9.17, 15) is 8.78 Å². The molecule has 2 rings (SSSR count). The third-order valence-electron chi connectivity index (χ3n) is 3.44. The standard InChI is InChI=1S/C16H17F2N/c1-10-4-5-11(2)14(8-10)16(3,19)13-7-6-12(17)9-15(13)18/h4-9H,19H2,1-3H3. The number of aryl methyl sites for hydroxylation is 2. The van der Waals surface area contributed by atoms with E-state index in [1.165, 1.54) is 12.1 Å². The Hall–Kier alpha value is -1.74. The molecule has 0 aromatic heterocycles. The van der Waals surface area contributed by atoms with Gasteiger partial charge in [-0.2, -0.15) is 0 Å². The van der Waals surface area contributed by atoms with Crippen molar-refractivity contribution in [2.45, 2.75) is 26.3 Å². The third-order valence-corrected chi connectivity index (χ3v) is 3.44. The summed E-state index contributed by atoms with van der Waals surface area (Å²) in [5.41, 5.74) is 8.51. The molecule has 0 amide bonds. The lowest BCUT2D eigenvalue weighted by molar-refractivity contribution is 0.516. The van der Waals surface area contributed by atoms with Gasteiger partial charge < -0.3 is 5.73 Å². The van der Waals surface area contributed by atoms with Gasteiger partial charge in [0.2, 0.25) is 0 Å². The van der Waals surface area contributed by atoms with E-state index < -0.39 is 17.2 Å². The van der Waals surface area contributed by atoms with Crippen LogP contribution < -0.4 is 5.73 Å². The fourth-order valence-electron chi connectivity index (χ4n) is 2.35. The van der Waals surface area contributed by atoms with Crippen molar-refractivity contribution in [3.8, 4) is 0 Å². The van der Waals surface area contributed by atoms with Crippen LogP contribution in [0.2, 0.25) is 0 Å². The van der Waals surface area contributed by atoms with E-state index >= 15 is 0 Å². The van der Waals surface area contributed by atoms with E-state index in [1.54, 1.807) is 6.92 Å². The number of nitrogens with two attached hydrogens (primary N) is 1. The summed E-state index contributed by atoms with van der Waals surface area (Å²) in [6, 6.07) is 9.39. The highest BCUT2D eigenvalue weighted by molar-refractivity contribution is 5.43. The summed E-state index contributed by atoms with van der Waals surface area (Å²) >= 11 is 0. The van der Waals surface area contributed by atoms with E-state index in [-0.39, 0.29) is 0 Å². The molecule has 0 heterocycles. The minimum atomic E-state index is -0.992. The second-order valence-electron chi connectivity index (χ2n) is 5.14. The second kappa shape index (κ2) is 4.74. The zero-order valence-corrected chi connectivity index (χ0v) is 11.3. The molecule has 0 spiro atoms. The largest absolute Gasteiger partial charge is 0.318 e. The van der Waals surface area contributed by atoms with Crippen LogP contribution >= 0.6 is 0 Å². The lowest BCUT2D eigenvalue weighted by Crippen LogP contribution is -2.36. The molecule has 2 N–H and O–H groups in total. The van der Waals surface area contributed by atoms with Crippen LogP contribution in [0.4, 0.5) is 8.78 Å². The van der Waals surface area contributed by atoms with Crippen molar-refractivity contribution in [2.24, 2.45) is 5.73 Å². The van der Waals surface area contributed by atoms with Gasteiger partial charge in [0.1, 0.15) is 11.6 Å². The highest BCUT2D eigenvalue weighted by Gasteiger charge is 2.28. The predicted molar refractivity (Wildman–Crippen MR) is 72.9 cm³/mol. The zero-order chi connectivity index (χ0) is 14.2. The highest BCUT2D eigenvalue weighted by Crippen LogP contribution is 2.31. The molecule has 0 aliphatic carbocycles. The molecule has 0 radical (unpaired) electrons. The van der Waals surface area contributed by atoms with Gasteiger partial charge in [-0.1, -0.05) is 29.8 Å². The molecule has 1 nitrogen and oxygen atoms in total. The molecule has 19 heavy (non-hydrogen) atoms. The molecule has 0 saturated heterocycles. The maximum atomic E-state index is 13.9. The van der Waals surface area contributed by atoms with Gasteiger partial charge in [-0.3, -0.25) is 0 Å². The average molecular weight is 261 g/mol. The van der Waals surface area contributed by atoms with Crippen molar-refractivity contribution in [1.82, 2.24) is 0 Å². The minimum Gasteiger partial charge on any atom is -0.318 e. The van der Waals surface area contributed by atoms with Crippen LogP contribution in [0.5, 0.6) is 0 Å². The van der Waals surface area contributed by atoms with Crippen molar-refractivity contribution >= 4 is 0 Å². The molecule has 0 bridgehead atoms. The zero-order valence-electron chi connectivity index (χ0n) is 11.3. The fourth-order valence-corrected chi connectivity index (χ4v) is 2.35.